The molecule has 0 saturated heterocycles. The lowest BCUT2D eigenvalue weighted by molar-refractivity contribution is 0.458. The molecule has 2 heterocycles. The maximum Gasteiger partial charge on any atom is 0.269 e. The predicted octanol–water partition coefficient (Wildman–Crippen LogP) is 4.97. The van der Waals surface area contributed by atoms with Gasteiger partial charge in [0.05, 0.1) is 6.42 Å². The molecule has 2 aromatic heterocycles. The molecule has 3 nitrogen and oxygen atoms in total. The highest BCUT2D eigenvalue weighted by atomic mass is 32.1. The van der Waals surface area contributed by atoms with E-state index in [1.54, 1.807) is 0 Å². The average molecular weight is 317 g/mol. The Morgan fingerprint density at radius 1 is 1.10 bits per heavy atom. The predicted molar refractivity (Wildman–Crippen MR) is 87.4 cm³/mol. The van der Waals surface area contributed by atoms with Gasteiger partial charge in [-0.2, -0.15) is 0 Å². The Bertz CT molecular complexity index is 799. The third kappa shape index (κ3) is 2.84. The van der Waals surface area contributed by atoms with E-state index in [4.69, 9.17) is 21.1 Å². The standard InChI is InChI=1S/C16H15NO2S2/c1-2-17-15(20)14(19-16(17)21)10-12-8-9-13(18-12)11-6-4-3-5-7-11/h3-9,20H,2,10H2,1H3. The molecule has 3 rings (SSSR count). The summed E-state index contributed by atoms with van der Waals surface area (Å²) in [4.78, 5) is 0.451. The van der Waals surface area contributed by atoms with Gasteiger partial charge in [0.15, 0.2) is 0 Å². The largest absolute Gasteiger partial charge is 0.461 e. The molecule has 108 valence electrons. The Morgan fingerprint density at radius 3 is 2.52 bits per heavy atom. The van der Waals surface area contributed by atoms with E-state index in [0.29, 0.717) is 11.3 Å². The van der Waals surface area contributed by atoms with Gasteiger partial charge in [0.25, 0.3) is 4.84 Å². The summed E-state index contributed by atoms with van der Waals surface area (Å²) < 4.78 is 13.3. The van der Waals surface area contributed by atoms with Crippen molar-refractivity contribution >= 4 is 24.8 Å². The van der Waals surface area contributed by atoms with Crippen molar-refractivity contribution in [3.8, 4) is 11.3 Å². The number of furan rings is 1. The molecule has 3 aromatic rings. The smallest absolute Gasteiger partial charge is 0.269 e. The normalized spacial score (nSPS) is 11.0. The molecule has 21 heavy (non-hydrogen) atoms. The minimum absolute atomic E-state index is 0.451. The lowest BCUT2D eigenvalue weighted by atomic mass is 10.2. The number of rotatable bonds is 4. The average Bonchev–Trinajstić information content (AvgIpc) is 3.06. The number of aromatic nitrogens is 1. The molecule has 0 atom stereocenters. The minimum Gasteiger partial charge on any atom is -0.461 e. The second kappa shape index (κ2) is 5.95. The summed E-state index contributed by atoms with van der Waals surface area (Å²) >= 11 is 9.65. The third-order valence-corrected chi connectivity index (χ3v) is 4.10. The Hall–Kier alpha value is -1.72. The van der Waals surface area contributed by atoms with Crippen molar-refractivity contribution in [3.05, 3.63) is 58.8 Å². The van der Waals surface area contributed by atoms with Crippen LogP contribution in [0.3, 0.4) is 0 Å². The summed E-state index contributed by atoms with van der Waals surface area (Å²) in [5, 5.41) is 0.764. The zero-order valence-corrected chi connectivity index (χ0v) is 13.3. The summed E-state index contributed by atoms with van der Waals surface area (Å²) in [6, 6.07) is 13.9. The van der Waals surface area contributed by atoms with Crippen LogP contribution in [-0.4, -0.2) is 4.57 Å². The lowest BCUT2D eigenvalue weighted by Gasteiger charge is -1.99. The van der Waals surface area contributed by atoms with Gasteiger partial charge in [0.1, 0.15) is 22.3 Å². The molecular weight excluding hydrogens is 302 g/mol. The molecule has 0 saturated carbocycles. The van der Waals surface area contributed by atoms with E-state index in [-0.39, 0.29) is 0 Å². The van der Waals surface area contributed by atoms with Gasteiger partial charge >= 0.3 is 0 Å². The highest BCUT2D eigenvalue weighted by Gasteiger charge is 2.13. The first-order valence-electron chi connectivity index (χ1n) is 6.74. The van der Waals surface area contributed by atoms with Crippen LogP contribution in [-0.2, 0) is 13.0 Å². The highest BCUT2D eigenvalue weighted by molar-refractivity contribution is 7.80. The van der Waals surface area contributed by atoms with Crippen molar-refractivity contribution in [3.63, 3.8) is 0 Å². The molecular formula is C16H15NO2S2. The lowest BCUT2D eigenvalue weighted by Crippen LogP contribution is -1.95. The second-order valence-electron chi connectivity index (χ2n) is 4.67. The van der Waals surface area contributed by atoms with Crippen LogP contribution in [0.4, 0.5) is 0 Å². The van der Waals surface area contributed by atoms with Crippen LogP contribution >= 0.6 is 24.8 Å². The van der Waals surface area contributed by atoms with Gasteiger partial charge < -0.3 is 8.83 Å². The molecule has 0 amide bonds. The summed E-state index contributed by atoms with van der Waals surface area (Å²) in [5.74, 6) is 2.41. The van der Waals surface area contributed by atoms with E-state index in [0.717, 1.165) is 34.4 Å². The minimum atomic E-state index is 0.451. The molecule has 0 aliphatic carbocycles. The monoisotopic (exact) mass is 317 g/mol. The van der Waals surface area contributed by atoms with Crippen LogP contribution < -0.4 is 0 Å². The van der Waals surface area contributed by atoms with Gasteiger partial charge in [-0.1, -0.05) is 30.3 Å². The first kappa shape index (κ1) is 14.2. The van der Waals surface area contributed by atoms with Crippen LogP contribution in [0, 0.1) is 4.84 Å². The van der Waals surface area contributed by atoms with Gasteiger partial charge in [0, 0.05) is 12.1 Å². The number of benzene rings is 1. The van der Waals surface area contributed by atoms with Crippen LogP contribution in [0.5, 0.6) is 0 Å². The van der Waals surface area contributed by atoms with Gasteiger partial charge in [-0.15, -0.1) is 12.6 Å². The fourth-order valence-corrected chi connectivity index (χ4v) is 2.97. The maximum atomic E-state index is 5.87. The van der Waals surface area contributed by atoms with E-state index < -0.39 is 0 Å². The first-order chi connectivity index (χ1) is 10.2. The zero-order chi connectivity index (χ0) is 14.8. The molecule has 0 aliphatic heterocycles. The molecule has 0 spiro atoms. The molecule has 0 fully saturated rings. The molecule has 0 radical (unpaired) electrons. The van der Waals surface area contributed by atoms with Crippen molar-refractivity contribution < 1.29 is 8.83 Å². The summed E-state index contributed by atoms with van der Waals surface area (Å²) in [5.41, 5.74) is 1.06. The molecule has 0 N–H and O–H groups in total. The van der Waals surface area contributed by atoms with Crippen molar-refractivity contribution in [1.82, 2.24) is 4.57 Å². The summed E-state index contributed by atoms with van der Waals surface area (Å²) in [6.45, 7) is 2.75. The Balaban J connectivity index is 1.87. The zero-order valence-electron chi connectivity index (χ0n) is 11.6. The number of nitrogens with zero attached hydrogens (tertiary/aromatic N) is 1. The summed E-state index contributed by atoms with van der Waals surface area (Å²) in [6.07, 6.45) is 0.544. The van der Waals surface area contributed by atoms with E-state index >= 15 is 0 Å². The van der Waals surface area contributed by atoms with Gasteiger partial charge in [-0.3, -0.25) is 4.57 Å². The van der Waals surface area contributed by atoms with E-state index in [9.17, 15) is 0 Å². The van der Waals surface area contributed by atoms with Crippen LogP contribution in [0.1, 0.15) is 18.4 Å². The molecule has 1 aromatic carbocycles. The van der Waals surface area contributed by atoms with Gasteiger partial charge in [0.2, 0.25) is 0 Å². The Kier molecular flexibility index (Phi) is 4.03. The van der Waals surface area contributed by atoms with E-state index in [1.807, 2.05) is 54.0 Å². The SMILES string of the molecule is CCn1c(S)c(Cc2ccc(-c3ccccc3)o2)oc1=S. The maximum absolute atomic E-state index is 5.87. The highest BCUT2D eigenvalue weighted by Crippen LogP contribution is 2.26. The molecule has 0 aliphatic rings. The van der Waals surface area contributed by atoms with Gasteiger partial charge in [-0.05, 0) is 31.3 Å². The molecule has 5 heteroatoms. The van der Waals surface area contributed by atoms with Crippen LogP contribution in [0.15, 0.2) is 56.3 Å². The van der Waals surface area contributed by atoms with Crippen molar-refractivity contribution in [2.75, 3.05) is 0 Å². The number of oxazole rings is 1. The third-order valence-electron chi connectivity index (χ3n) is 3.31. The quantitative estimate of drug-likeness (QED) is 0.544. The molecule has 0 unspecified atom stereocenters. The number of hydrogen-bond donors (Lipinski definition) is 1. The number of thiol groups is 1. The van der Waals surface area contributed by atoms with Crippen molar-refractivity contribution in [2.24, 2.45) is 0 Å². The second-order valence-corrected chi connectivity index (χ2v) is 5.44. The first-order valence-corrected chi connectivity index (χ1v) is 7.60. The van der Waals surface area contributed by atoms with E-state index in [1.165, 1.54) is 0 Å². The number of hydrogen-bond acceptors (Lipinski definition) is 4. The fraction of sp³-hybridized carbons (Fsp3) is 0.188. The Labute approximate surface area is 133 Å². The van der Waals surface area contributed by atoms with Crippen molar-refractivity contribution in [2.45, 2.75) is 24.9 Å². The Morgan fingerprint density at radius 2 is 1.86 bits per heavy atom. The van der Waals surface area contributed by atoms with Gasteiger partial charge in [-0.25, -0.2) is 0 Å². The van der Waals surface area contributed by atoms with Crippen LogP contribution in [0.2, 0.25) is 0 Å². The van der Waals surface area contributed by atoms with Crippen LogP contribution in [0.25, 0.3) is 11.3 Å². The topological polar surface area (TPSA) is 31.2 Å². The summed E-state index contributed by atoms with van der Waals surface area (Å²) in [7, 11) is 0. The molecule has 0 bridgehead atoms. The fourth-order valence-electron chi connectivity index (χ4n) is 2.23. The van der Waals surface area contributed by atoms with Crippen molar-refractivity contribution in [1.29, 1.82) is 0 Å². The van der Waals surface area contributed by atoms with E-state index in [2.05, 4.69) is 12.6 Å².